The second-order valence-electron chi connectivity index (χ2n) is 22.7. The molecule has 0 bridgehead atoms. The quantitative estimate of drug-likeness (QED) is 0.0261. The van der Waals surface area contributed by atoms with Crippen molar-refractivity contribution in [2.75, 3.05) is 13.2 Å². The number of ether oxygens (including phenoxy) is 3. The molecule has 0 N–H and O–H groups in total. The molecular weight excluding hydrogens is 997 g/mol. The van der Waals surface area contributed by atoms with Gasteiger partial charge in [0.05, 0.1) is 0 Å². The van der Waals surface area contributed by atoms with Crippen molar-refractivity contribution in [1.82, 2.24) is 0 Å². The van der Waals surface area contributed by atoms with Crippen molar-refractivity contribution in [1.29, 1.82) is 0 Å². The lowest BCUT2D eigenvalue weighted by Crippen LogP contribution is -2.30. The molecule has 0 aliphatic heterocycles. The molecule has 1 unspecified atom stereocenters. The van der Waals surface area contributed by atoms with Gasteiger partial charge in [-0.2, -0.15) is 0 Å². The second kappa shape index (κ2) is 68.6. The van der Waals surface area contributed by atoms with Gasteiger partial charge in [-0.05, 0) is 103 Å². The summed E-state index contributed by atoms with van der Waals surface area (Å²) in [5, 5.41) is 0. The fraction of sp³-hybridized carbons (Fsp3) is 0.720. The van der Waals surface area contributed by atoms with E-state index in [1.54, 1.807) is 0 Å². The minimum atomic E-state index is -0.802. The van der Waals surface area contributed by atoms with Crippen LogP contribution in [0.2, 0.25) is 0 Å². The number of carbonyl (C=O) groups excluding carboxylic acids is 3. The smallest absolute Gasteiger partial charge is 0.306 e. The summed E-state index contributed by atoms with van der Waals surface area (Å²) >= 11 is 0. The summed E-state index contributed by atoms with van der Waals surface area (Å²) < 4.78 is 16.9. The topological polar surface area (TPSA) is 78.9 Å². The standard InChI is InChI=1S/C75H128O6/c1-4-7-10-13-16-19-22-25-28-31-33-35-36-37-38-40-41-44-47-50-53-56-59-62-65-68-74(77)80-71-72(70-79-73(76)67-64-61-58-55-52-49-46-43-30-27-24-21-18-15-12-9-6-3)81-75(78)69-66-63-60-57-54-51-48-45-42-39-34-32-29-26-23-20-17-14-11-8-5-2/h8-9,11-12,17-18,20-21,26-27,29-30,34,39,45-46,48-49,72H,4-7,10,13-16,19,22-25,28,31-33,35-38,40-44,47,50-71H2,1-3H3/b11-8-,12-9-,20-17-,21-18-,29-26-,30-27-,39-34-,48-45-,49-46-. The van der Waals surface area contributed by atoms with Gasteiger partial charge in [0.15, 0.2) is 6.10 Å². The monoisotopic (exact) mass is 1120 g/mol. The Labute approximate surface area is 501 Å². The Morgan fingerprint density at radius 1 is 0.259 bits per heavy atom. The Hall–Kier alpha value is -3.93. The molecule has 6 nitrogen and oxygen atoms in total. The molecule has 464 valence electrons. The highest BCUT2D eigenvalue weighted by molar-refractivity contribution is 5.71. The number of hydrogen-bond acceptors (Lipinski definition) is 6. The van der Waals surface area contributed by atoms with Crippen molar-refractivity contribution >= 4 is 17.9 Å². The molecule has 6 heteroatoms. The van der Waals surface area contributed by atoms with E-state index in [9.17, 15) is 14.4 Å². The number of carbonyl (C=O) groups is 3. The molecule has 0 amide bonds. The molecule has 0 aliphatic rings. The lowest BCUT2D eigenvalue weighted by atomic mass is 10.0. The molecule has 0 heterocycles. The van der Waals surface area contributed by atoms with E-state index in [0.29, 0.717) is 19.3 Å². The highest BCUT2D eigenvalue weighted by atomic mass is 16.6. The van der Waals surface area contributed by atoms with Gasteiger partial charge in [0.1, 0.15) is 13.2 Å². The Balaban J connectivity index is 4.39. The number of rotatable bonds is 62. The molecule has 0 saturated heterocycles. The van der Waals surface area contributed by atoms with Crippen LogP contribution in [0.4, 0.5) is 0 Å². The summed E-state index contributed by atoms with van der Waals surface area (Å²) in [5.41, 5.74) is 0. The first-order valence-electron chi connectivity index (χ1n) is 34.4. The molecular formula is C75H128O6. The highest BCUT2D eigenvalue weighted by Crippen LogP contribution is 2.17. The molecule has 0 spiro atoms. The van der Waals surface area contributed by atoms with Gasteiger partial charge in [0.2, 0.25) is 0 Å². The van der Waals surface area contributed by atoms with E-state index in [2.05, 4.69) is 130 Å². The van der Waals surface area contributed by atoms with Crippen LogP contribution in [0.25, 0.3) is 0 Å². The fourth-order valence-electron chi connectivity index (χ4n) is 9.70. The molecule has 81 heavy (non-hydrogen) atoms. The first-order chi connectivity index (χ1) is 40.0. The van der Waals surface area contributed by atoms with E-state index in [4.69, 9.17) is 14.2 Å². The van der Waals surface area contributed by atoms with Crippen molar-refractivity contribution in [2.24, 2.45) is 0 Å². The Morgan fingerprint density at radius 2 is 0.481 bits per heavy atom. The third-order valence-electron chi connectivity index (χ3n) is 14.8. The summed E-state index contributed by atoms with van der Waals surface area (Å²) in [7, 11) is 0. The average Bonchev–Trinajstić information content (AvgIpc) is 3.47. The fourth-order valence-corrected chi connectivity index (χ4v) is 9.70. The summed E-state index contributed by atoms with van der Waals surface area (Å²) in [4.78, 5) is 38.4. The second-order valence-corrected chi connectivity index (χ2v) is 22.7. The molecule has 0 aliphatic carbocycles. The van der Waals surface area contributed by atoms with Gasteiger partial charge >= 0.3 is 17.9 Å². The molecule has 0 saturated carbocycles. The summed E-state index contributed by atoms with van der Waals surface area (Å²) in [6, 6.07) is 0. The minimum absolute atomic E-state index is 0.0929. The van der Waals surface area contributed by atoms with Crippen molar-refractivity contribution in [3.8, 4) is 0 Å². The zero-order valence-corrected chi connectivity index (χ0v) is 53.3. The first-order valence-corrected chi connectivity index (χ1v) is 34.4. The van der Waals surface area contributed by atoms with Crippen LogP contribution in [0, 0.1) is 0 Å². The molecule has 0 aromatic rings. The Kier molecular flexibility index (Phi) is 65.2. The third kappa shape index (κ3) is 66.8. The van der Waals surface area contributed by atoms with E-state index in [-0.39, 0.29) is 31.1 Å². The van der Waals surface area contributed by atoms with Gasteiger partial charge in [0, 0.05) is 19.3 Å². The molecule has 0 fully saturated rings. The van der Waals surface area contributed by atoms with Crippen molar-refractivity contribution in [3.05, 3.63) is 109 Å². The van der Waals surface area contributed by atoms with Crippen LogP contribution in [0.5, 0.6) is 0 Å². The summed E-state index contributed by atoms with van der Waals surface area (Å²) in [6.07, 6.45) is 94.0. The normalized spacial score (nSPS) is 12.8. The van der Waals surface area contributed by atoms with Gasteiger partial charge in [-0.25, -0.2) is 0 Å². The van der Waals surface area contributed by atoms with E-state index in [1.165, 1.54) is 141 Å². The maximum Gasteiger partial charge on any atom is 0.306 e. The van der Waals surface area contributed by atoms with Crippen LogP contribution >= 0.6 is 0 Å². The molecule has 0 aromatic heterocycles. The SMILES string of the molecule is CC/C=C\C/C=C\C/C=C\C/C=C\C/C=C\CCCCCCCC(=O)OC(COC(=O)CCCCCC/C=C\C/C=C\C/C=C\C/C=C\CC)COC(=O)CCCCCCCCCCCCCCCCCCCCCCCCCCC. The van der Waals surface area contributed by atoms with Crippen LogP contribution in [0.15, 0.2) is 109 Å². The van der Waals surface area contributed by atoms with Crippen LogP contribution in [-0.2, 0) is 28.6 Å². The zero-order chi connectivity index (χ0) is 58.5. The molecule has 0 radical (unpaired) electrons. The number of esters is 3. The van der Waals surface area contributed by atoms with E-state index in [0.717, 1.165) is 148 Å². The Bertz CT molecular complexity index is 1620. The van der Waals surface area contributed by atoms with Crippen molar-refractivity contribution in [2.45, 2.75) is 335 Å². The average molecular weight is 1130 g/mol. The van der Waals surface area contributed by atoms with E-state index < -0.39 is 6.10 Å². The lowest BCUT2D eigenvalue weighted by Gasteiger charge is -2.18. The Morgan fingerprint density at radius 3 is 0.753 bits per heavy atom. The predicted molar refractivity (Wildman–Crippen MR) is 353 cm³/mol. The summed E-state index contributed by atoms with van der Waals surface area (Å²) in [5.74, 6) is -0.924. The van der Waals surface area contributed by atoms with Gasteiger partial charge < -0.3 is 14.2 Å². The largest absolute Gasteiger partial charge is 0.462 e. The summed E-state index contributed by atoms with van der Waals surface area (Å²) in [6.45, 7) is 6.42. The number of allylic oxidation sites excluding steroid dienone is 18. The maximum absolute atomic E-state index is 12.9. The molecule has 1 atom stereocenters. The van der Waals surface area contributed by atoms with Gasteiger partial charge in [-0.15, -0.1) is 0 Å². The zero-order valence-electron chi connectivity index (χ0n) is 53.3. The van der Waals surface area contributed by atoms with Crippen LogP contribution < -0.4 is 0 Å². The van der Waals surface area contributed by atoms with Crippen LogP contribution in [0.3, 0.4) is 0 Å². The molecule has 0 aromatic carbocycles. The van der Waals surface area contributed by atoms with Gasteiger partial charge in [0.25, 0.3) is 0 Å². The number of hydrogen-bond donors (Lipinski definition) is 0. The van der Waals surface area contributed by atoms with E-state index >= 15 is 0 Å². The minimum Gasteiger partial charge on any atom is -0.462 e. The maximum atomic E-state index is 12.9. The van der Waals surface area contributed by atoms with Crippen molar-refractivity contribution < 1.29 is 28.6 Å². The molecule has 0 rings (SSSR count). The third-order valence-corrected chi connectivity index (χ3v) is 14.8. The highest BCUT2D eigenvalue weighted by Gasteiger charge is 2.19. The lowest BCUT2D eigenvalue weighted by molar-refractivity contribution is -0.167. The van der Waals surface area contributed by atoms with E-state index in [1.807, 2.05) is 0 Å². The van der Waals surface area contributed by atoms with Crippen molar-refractivity contribution in [3.63, 3.8) is 0 Å². The van der Waals surface area contributed by atoms with Crippen LogP contribution in [-0.4, -0.2) is 37.2 Å². The number of unbranched alkanes of at least 4 members (excludes halogenated alkanes) is 33. The predicted octanol–water partition coefficient (Wildman–Crippen LogP) is 23.8. The van der Waals surface area contributed by atoms with Crippen LogP contribution in [0.1, 0.15) is 329 Å². The van der Waals surface area contributed by atoms with Gasteiger partial charge in [-0.1, -0.05) is 316 Å². The van der Waals surface area contributed by atoms with Gasteiger partial charge in [-0.3, -0.25) is 14.4 Å². The first kappa shape index (κ1) is 77.1.